The van der Waals surface area contributed by atoms with E-state index in [0.29, 0.717) is 13.1 Å². The van der Waals surface area contributed by atoms with E-state index in [1.54, 1.807) is 12.5 Å². The van der Waals surface area contributed by atoms with E-state index in [9.17, 15) is 8.78 Å². The number of likely N-dealkylation sites (N-methyl/N-ethyl adjacent to an activating group) is 1. The molecule has 2 rings (SSSR count). The zero-order chi connectivity index (χ0) is 12.3. The van der Waals surface area contributed by atoms with Gasteiger partial charge in [-0.2, -0.15) is 0 Å². The predicted molar refractivity (Wildman–Crippen MR) is 61.1 cm³/mol. The van der Waals surface area contributed by atoms with Crippen LogP contribution in [0.1, 0.15) is 24.4 Å². The lowest BCUT2D eigenvalue weighted by Gasteiger charge is -2.37. The number of halogens is 2. The molecule has 1 aromatic heterocycles. The van der Waals surface area contributed by atoms with Crippen LogP contribution in [0.25, 0.3) is 0 Å². The minimum Gasteiger partial charge on any atom is -0.472 e. The number of nitrogens with zero attached hydrogens (tertiary/aromatic N) is 1. The second kappa shape index (κ2) is 5.14. The Morgan fingerprint density at radius 2 is 2.18 bits per heavy atom. The summed E-state index contributed by atoms with van der Waals surface area (Å²) in [5.41, 5.74) is 1.05. The van der Waals surface area contributed by atoms with Gasteiger partial charge in [0.25, 0.3) is 5.92 Å². The smallest absolute Gasteiger partial charge is 0.250 e. The zero-order valence-corrected chi connectivity index (χ0v) is 9.96. The maximum absolute atomic E-state index is 13.1. The van der Waals surface area contributed by atoms with Gasteiger partial charge < -0.3 is 9.73 Å². The number of hydrogen-bond donors (Lipinski definition) is 1. The van der Waals surface area contributed by atoms with Crippen molar-refractivity contribution in [3.8, 4) is 0 Å². The van der Waals surface area contributed by atoms with Crippen LogP contribution < -0.4 is 5.32 Å². The van der Waals surface area contributed by atoms with Crippen LogP contribution in [-0.2, 0) is 0 Å². The quantitative estimate of drug-likeness (QED) is 0.880. The molecular formula is C12H18F2N2O. The van der Waals surface area contributed by atoms with Crippen molar-refractivity contribution < 1.29 is 13.2 Å². The normalized spacial score (nSPS) is 22.5. The van der Waals surface area contributed by atoms with Crippen molar-refractivity contribution in [3.63, 3.8) is 0 Å². The number of alkyl halides is 2. The van der Waals surface area contributed by atoms with Crippen LogP contribution in [0, 0.1) is 0 Å². The Hall–Kier alpha value is -0.940. The summed E-state index contributed by atoms with van der Waals surface area (Å²) < 4.78 is 31.3. The van der Waals surface area contributed by atoms with Crippen molar-refractivity contribution in [3.05, 3.63) is 24.2 Å². The van der Waals surface area contributed by atoms with Gasteiger partial charge >= 0.3 is 0 Å². The summed E-state index contributed by atoms with van der Waals surface area (Å²) in [4.78, 5) is 2.10. The van der Waals surface area contributed by atoms with Crippen molar-refractivity contribution in [1.82, 2.24) is 10.2 Å². The van der Waals surface area contributed by atoms with Crippen LogP contribution in [-0.4, -0.2) is 37.5 Å². The van der Waals surface area contributed by atoms with Gasteiger partial charge in [-0.05, 0) is 13.1 Å². The van der Waals surface area contributed by atoms with Gasteiger partial charge in [-0.25, -0.2) is 8.78 Å². The van der Waals surface area contributed by atoms with E-state index in [4.69, 9.17) is 4.42 Å². The van der Waals surface area contributed by atoms with E-state index in [2.05, 4.69) is 10.2 Å². The first kappa shape index (κ1) is 12.5. The van der Waals surface area contributed by atoms with Crippen LogP contribution in [0.2, 0.25) is 0 Å². The molecule has 1 fully saturated rings. The van der Waals surface area contributed by atoms with Crippen molar-refractivity contribution >= 4 is 0 Å². The van der Waals surface area contributed by atoms with Crippen molar-refractivity contribution in [2.24, 2.45) is 0 Å². The molecule has 0 spiro atoms. The van der Waals surface area contributed by atoms with Crippen molar-refractivity contribution in [2.45, 2.75) is 24.8 Å². The minimum atomic E-state index is -2.49. The molecule has 1 saturated heterocycles. The Kier molecular flexibility index (Phi) is 3.79. The Morgan fingerprint density at radius 1 is 1.47 bits per heavy atom. The van der Waals surface area contributed by atoms with Crippen molar-refractivity contribution in [1.29, 1.82) is 0 Å². The van der Waals surface area contributed by atoms with Crippen LogP contribution >= 0.6 is 0 Å². The third kappa shape index (κ3) is 3.04. The fourth-order valence-corrected chi connectivity index (χ4v) is 2.28. The number of rotatable bonds is 4. The SMILES string of the molecule is CNCC(c1ccoc1)N1CCC(F)(F)CC1. The third-order valence-electron chi connectivity index (χ3n) is 3.30. The van der Waals surface area contributed by atoms with Gasteiger partial charge in [-0.3, -0.25) is 4.90 Å². The molecule has 0 radical (unpaired) electrons. The highest BCUT2D eigenvalue weighted by Gasteiger charge is 2.36. The largest absolute Gasteiger partial charge is 0.472 e. The highest BCUT2D eigenvalue weighted by atomic mass is 19.3. The first-order chi connectivity index (χ1) is 8.12. The topological polar surface area (TPSA) is 28.4 Å². The fourth-order valence-electron chi connectivity index (χ4n) is 2.28. The summed E-state index contributed by atoms with van der Waals surface area (Å²) in [5, 5.41) is 3.10. The molecule has 1 aliphatic rings. The average molecular weight is 244 g/mol. The Labute approximate surface area is 99.8 Å². The van der Waals surface area contributed by atoms with Crippen molar-refractivity contribution in [2.75, 3.05) is 26.7 Å². The van der Waals surface area contributed by atoms with E-state index >= 15 is 0 Å². The maximum Gasteiger partial charge on any atom is 0.250 e. The molecule has 2 heterocycles. The summed E-state index contributed by atoms with van der Waals surface area (Å²) in [6.07, 6.45) is 3.21. The molecule has 0 aromatic carbocycles. The Balaban J connectivity index is 2.03. The van der Waals surface area contributed by atoms with E-state index < -0.39 is 5.92 Å². The summed E-state index contributed by atoms with van der Waals surface area (Å²) in [5.74, 6) is -2.49. The Bertz CT molecular complexity index is 330. The predicted octanol–water partition coefficient (Wildman–Crippen LogP) is 2.27. The lowest BCUT2D eigenvalue weighted by atomic mass is 10.0. The van der Waals surface area contributed by atoms with Gasteiger partial charge in [0.2, 0.25) is 0 Å². The zero-order valence-electron chi connectivity index (χ0n) is 9.96. The molecule has 0 amide bonds. The number of piperidine rings is 1. The number of furan rings is 1. The second-order valence-electron chi connectivity index (χ2n) is 4.52. The first-order valence-electron chi connectivity index (χ1n) is 5.91. The summed E-state index contributed by atoms with van der Waals surface area (Å²) in [7, 11) is 1.87. The maximum atomic E-state index is 13.1. The van der Waals surface area contributed by atoms with E-state index in [-0.39, 0.29) is 18.9 Å². The lowest BCUT2D eigenvalue weighted by Crippen LogP contribution is -2.43. The van der Waals surface area contributed by atoms with Gasteiger partial charge in [0.05, 0.1) is 18.6 Å². The van der Waals surface area contributed by atoms with Crippen LogP contribution in [0.15, 0.2) is 23.0 Å². The molecule has 1 atom stereocenters. The molecule has 0 bridgehead atoms. The second-order valence-corrected chi connectivity index (χ2v) is 4.52. The molecule has 1 aromatic rings. The molecule has 17 heavy (non-hydrogen) atoms. The molecule has 0 saturated carbocycles. The van der Waals surface area contributed by atoms with E-state index in [1.165, 1.54) is 0 Å². The number of likely N-dealkylation sites (tertiary alicyclic amines) is 1. The highest BCUT2D eigenvalue weighted by molar-refractivity contribution is 5.13. The van der Waals surface area contributed by atoms with Gasteiger partial charge in [0, 0.05) is 38.0 Å². The molecule has 5 heteroatoms. The first-order valence-corrected chi connectivity index (χ1v) is 5.91. The summed E-state index contributed by atoms with van der Waals surface area (Å²) in [6, 6.07) is 2.02. The lowest BCUT2D eigenvalue weighted by molar-refractivity contribution is -0.0632. The number of hydrogen-bond acceptors (Lipinski definition) is 3. The number of nitrogens with one attached hydrogen (secondary N) is 1. The molecular weight excluding hydrogens is 226 g/mol. The van der Waals surface area contributed by atoms with Gasteiger partial charge in [-0.15, -0.1) is 0 Å². The molecule has 1 aliphatic heterocycles. The summed E-state index contributed by atoms with van der Waals surface area (Å²) >= 11 is 0. The standard InChI is InChI=1S/C12H18F2N2O/c1-15-8-11(10-2-7-17-9-10)16-5-3-12(13,14)4-6-16/h2,7,9,11,15H,3-6,8H2,1H3. The molecule has 1 N–H and O–H groups in total. The summed E-state index contributed by atoms with van der Waals surface area (Å²) in [6.45, 7) is 1.61. The molecule has 96 valence electrons. The Morgan fingerprint density at radius 3 is 2.71 bits per heavy atom. The fraction of sp³-hybridized carbons (Fsp3) is 0.667. The molecule has 0 aliphatic carbocycles. The van der Waals surface area contributed by atoms with E-state index in [0.717, 1.165) is 12.1 Å². The highest BCUT2D eigenvalue weighted by Crippen LogP contribution is 2.32. The van der Waals surface area contributed by atoms with Gasteiger partial charge in [0.15, 0.2) is 0 Å². The van der Waals surface area contributed by atoms with Gasteiger partial charge in [0.1, 0.15) is 0 Å². The minimum absolute atomic E-state index is 0.0505. The van der Waals surface area contributed by atoms with E-state index in [1.807, 2.05) is 13.1 Å². The molecule has 1 unspecified atom stereocenters. The third-order valence-corrected chi connectivity index (χ3v) is 3.30. The van der Waals surface area contributed by atoms with Gasteiger partial charge in [-0.1, -0.05) is 0 Å². The molecule has 3 nitrogen and oxygen atoms in total. The van der Waals surface area contributed by atoms with Crippen LogP contribution in [0.4, 0.5) is 8.78 Å². The van der Waals surface area contributed by atoms with Crippen LogP contribution in [0.5, 0.6) is 0 Å². The monoisotopic (exact) mass is 244 g/mol. The average Bonchev–Trinajstić information content (AvgIpc) is 2.80. The van der Waals surface area contributed by atoms with Crippen LogP contribution in [0.3, 0.4) is 0 Å².